The predicted octanol–water partition coefficient (Wildman–Crippen LogP) is 3.89. The molecule has 6 rings (SSSR count). The Labute approximate surface area is 257 Å². The van der Waals surface area contributed by atoms with Crippen molar-refractivity contribution < 1.29 is 22.7 Å². The minimum atomic E-state index is -3.91. The van der Waals surface area contributed by atoms with Gasteiger partial charge in [-0.2, -0.15) is 4.98 Å². The number of fused-ring (bicyclic) bond motifs is 1. The number of halogens is 2. The molecule has 1 amide bonds. The third-order valence-electron chi connectivity index (χ3n) is 8.17. The smallest absolute Gasteiger partial charge is 0.355 e. The number of rotatable bonds is 6. The minimum absolute atomic E-state index is 0.0345. The number of carbonyl (C=O) groups excluding carboxylic acids is 1. The van der Waals surface area contributed by atoms with Crippen molar-refractivity contribution in [2.45, 2.75) is 42.5 Å². The first-order valence-electron chi connectivity index (χ1n) is 14.0. The van der Waals surface area contributed by atoms with E-state index in [1.54, 1.807) is 4.90 Å². The zero-order chi connectivity index (χ0) is 31.3. The summed E-state index contributed by atoms with van der Waals surface area (Å²) < 4.78 is 43.3. The summed E-state index contributed by atoms with van der Waals surface area (Å²) in [6.07, 6.45) is 4.30. The van der Waals surface area contributed by atoms with Crippen molar-refractivity contribution in [3.05, 3.63) is 76.6 Å². The van der Waals surface area contributed by atoms with Crippen molar-refractivity contribution in [2.75, 3.05) is 24.5 Å². The molecule has 0 bridgehead atoms. The summed E-state index contributed by atoms with van der Waals surface area (Å²) in [5, 5.41) is 9.88. The zero-order valence-corrected chi connectivity index (χ0v) is 25.2. The number of phenolic OH excluding ortho intramolecular Hbond substituents is 1. The molecule has 2 aliphatic rings. The van der Waals surface area contributed by atoms with E-state index in [0.29, 0.717) is 32.5 Å². The third-order valence-corrected chi connectivity index (χ3v) is 10.7. The molecular formula is C30H28ClFN6O5S. The van der Waals surface area contributed by atoms with Gasteiger partial charge in [-0.25, -0.2) is 32.1 Å². The highest BCUT2D eigenvalue weighted by molar-refractivity contribution is 7.92. The summed E-state index contributed by atoms with van der Waals surface area (Å²) in [6, 6.07) is 7.86. The third kappa shape index (κ3) is 4.89. The molecule has 3 aromatic heterocycles. The number of aromatic hydroxyl groups is 1. The Hall–Kier alpha value is -4.36. The number of phenols is 1. The Kier molecular flexibility index (Phi) is 7.62. The van der Waals surface area contributed by atoms with E-state index in [4.69, 9.17) is 11.6 Å². The molecule has 1 saturated carbocycles. The molecule has 4 heterocycles. The average molecular weight is 639 g/mol. The van der Waals surface area contributed by atoms with Crippen LogP contribution in [0.4, 0.5) is 10.2 Å². The highest BCUT2D eigenvalue weighted by Crippen LogP contribution is 2.39. The Morgan fingerprint density at radius 1 is 1.18 bits per heavy atom. The Morgan fingerprint density at radius 3 is 2.61 bits per heavy atom. The van der Waals surface area contributed by atoms with Crippen molar-refractivity contribution in [1.82, 2.24) is 24.4 Å². The van der Waals surface area contributed by atoms with Crippen molar-refractivity contribution in [2.24, 2.45) is 0 Å². The van der Waals surface area contributed by atoms with Crippen LogP contribution in [0.2, 0.25) is 5.02 Å². The molecule has 228 valence electrons. The van der Waals surface area contributed by atoms with Crippen LogP contribution in [0.5, 0.6) is 5.75 Å². The van der Waals surface area contributed by atoms with Gasteiger partial charge in [0.15, 0.2) is 10.7 Å². The second-order valence-corrected chi connectivity index (χ2v) is 13.4. The molecule has 0 unspecified atom stereocenters. The van der Waals surface area contributed by atoms with Crippen LogP contribution in [0, 0.1) is 5.82 Å². The van der Waals surface area contributed by atoms with Gasteiger partial charge in [-0.05, 0) is 56.2 Å². The Bertz CT molecular complexity index is 1980. The number of sulfone groups is 1. The monoisotopic (exact) mass is 638 g/mol. The summed E-state index contributed by atoms with van der Waals surface area (Å²) in [4.78, 5) is 42.9. The van der Waals surface area contributed by atoms with Gasteiger partial charge in [0, 0.05) is 31.9 Å². The number of aromatic nitrogens is 4. The lowest BCUT2D eigenvalue weighted by Gasteiger charge is -2.40. The predicted molar refractivity (Wildman–Crippen MR) is 163 cm³/mol. The van der Waals surface area contributed by atoms with Gasteiger partial charge < -0.3 is 14.9 Å². The quantitative estimate of drug-likeness (QED) is 0.312. The molecule has 14 heteroatoms. The standard InChI is InChI=1S/C30H28ClFN6O5S/c1-3-24(40)36-13-14-37(17(2)16-36)27-19-15-20(31)26(25-21(32)9-5-11-23(25)39)34-28(19)38(30(41)35-27)22-10-6-12-33-29(22)44(42,43)18-7-4-8-18/h3,5-6,9-12,15,17-18,39H,1,4,7-8,13-14,16H2,2H3/t17-/m0/s1. The number of benzene rings is 1. The summed E-state index contributed by atoms with van der Waals surface area (Å²) in [5.74, 6) is -1.23. The average Bonchev–Trinajstić information content (AvgIpc) is 2.96. The normalized spacial score (nSPS) is 17.5. The number of nitrogens with zero attached hydrogens (tertiary/aromatic N) is 6. The van der Waals surface area contributed by atoms with Crippen LogP contribution >= 0.6 is 11.6 Å². The largest absolute Gasteiger partial charge is 0.507 e. The number of amides is 1. The van der Waals surface area contributed by atoms with Gasteiger partial charge in [0.2, 0.25) is 15.7 Å². The summed E-state index contributed by atoms with van der Waals surface area (Å²) in [6.45, 7) is 6.39. The number of carbonyl (C=O) groups is 1. The Balaban J connectivity index is 1.63. The number of hydrogen-bond acceptors (Lipinski definition) is 9. The number of hydrogen-bond donors (Lipinski definition) is 1. The highest BCUT2D eigenvalue weighted by atomic mass is 35.5. The maximum Gasteiger partial charge on any atom is 0.355 e. The lowest BCUT2D eigenvalue weighted by Crippen LogP contribution is -2.54. The van der Waals surface area contributed by atoms with Crippen molar-refractivity contribution in [1.29, 1.82) is 0 Å². The fraction of sp³-hybridized carbons (Fsp3) is 0.300. The molecule has 11 nitrogen and oxygen atoms in total. The molecule has 2 fully saturated rings. The number of anilines is 1. The molecule has 1 saturated heterocycles. The molecule has 1 aromatic carbocycles. The SMILES string of the molecule is C=CC(=O)N1CCN(c2nc(=O)n(-c3cccnc3S(=O)(=O)C3CCC3)c3nc(-c4c(O)cccc4F)c(Cl)cc23)[C@@H](C)C1. The van der Waals surface area contributed by atoms with Crippen LogP contribution in [0.3, 0.4) is 0 Å². The molecule has 1 atom stereocenters. The summed E-state index contributed by atoms with van der Waals surface area (Å²) >= 11 is 6.68. The van der Waals surface area contributed by atoms with Crippen LogP contribution < -0.4 is 10.6 Å². The number of piperazine rings is 1. The van der Waals surface area contributed by atoms with Crippen molar-refractivity contribution in [3.8, 4) is 22.7 Å². The second kappa shape index (κ2) is 11.3. The lowest BCUT2D eigenvalue weighted by atomic mass is 10.0. The second-order valence-electron chi connectivity index (χ2n) is 10.8. The topological polar surface area (TPSA) is 139 Å². The van der Waals surface area contributed by atoms with Gasteiger partial charge in [-0.3, -0.25) is 4.79 Å². The van der Waals surface area contributed by atoms with Gasteiger partial charge >= 0.3 is 5.69 Å². The fourth-order valence-corrected chi connectivity index (χ4v) is 7.85. The van der Waals surface area contributed by atoms with Crippen LogP contribution in [-0.2, 0) is 14.6 Å². The van der Waals surface area contributed by atoms with E-state index in [9.17, 15) is 23.1 Å². The van der Waals surface area contributed by atoms with Gasteiger partial charge in [-0.15, -0.1) is 0 Å². The van der Waals surface area contributed by atoms with E-state index in [0.717, 1.165) is 17.1 Å². The summed E-state index contributed by atoms with van der Waals surface area (Å²) in [5.41, 5.74) is -1.39. The van der Waals surface area contributed by atoms with Gasteiger partial charge in [0.25, 0.3) is 0 Å². The van der Waals surface area contributed by atoms with Gasteiger partial charge in [-0.1, -0.05) is 30.7 Å². The lowest BCUT2D eigenvalue weighted by molar-refractivity contribution is -0.126. The number of pyridine rings is 2. The molecule has 1 aliphatic carbocycles. The van der Waals surface area contributed by atoms with Crippen molar-refractivity contribution in [3.63, 3.8) is 0 Å². The van der Waals surface area contributed by atoms with Crippen LogP contribution in [0.25, 0.3) is 28.0 Å². The van der Waals surface area contributed by atoms with Gasteiger partial charge in [0.1, 0.15) is 17.4 Å². The van der Waals surface area contributed by atoms with E-state index in [1.165, 1.54) is 42.6 Å². The van der Waals surface area contributed by atoms with Crippen LogP contribution in [-0.4, -0.2) is 74.8 Å². The molecule has 1 aliphatic heterocycles. The maximum atomic E-state index is 15.0. The molecule has 0 spiro atoms. The maximum absolute atomic E-state index is 15.0. The molecular weight excluding hydrogens is 611 g/mol. The zero-order valence-electron chi connectivity index (χ0n) is 23.7. The van der Waals surface area contributed by atoms with E-state index >= 15 is 4.39 Å². The molecule has 4 aromatic rings. The molecule has 0 radical (unpaired) electrons. The van der Waals surface area contributed by atoms with Crippen LogP contribution in [0.15, 0.2) is 65.1 Å². The van der Waals surface area contributed by atoms with Crippen molar-refractivity contribution >= 4 is 44.2 Å². The molecule has 1 N–H and O–H groups in total. The first-order valence-corrected chi connectivity index (χ1v) is 15.9. The minimum Gasteiger partial charge on any atom is -0.507 e. The summed E-state index contributed by atoms with van der Waals surface area (Å²) in [7, 11) is -3.91. The van der Waals surface area contributed by atoms with E-state index < -0.39 is 32.3 Å². The fourth-order valence-electron chi connectivity index (χ4n) is 5.68. The first kappa shape index (κ1) is 29.7. The van der Waals surface area contributed by atoms with E-state index in [2.05, 4.69) is 21.5 Å². The van der Waals surface area contributed by atoms with Gasteiger partial charge in [0.05, 0.1) is 32.6 Å². The highest BCUT2D eigenvalue weighted by Gasteiger charge is 2.37. The Morgan fingerprint density at radius 2 is 1.95 bits per heavy atom. The van der Waals surface area contributed by atoms with E-state index in [-0.39, 0.29) is 55.8 Å². The first-order chi connectivity index (χ1) is 21.0. The van der Waals surface area contributed by atoms with E-state index in [1.807, 2.05) is 11.8 Å². The van der Waals surface area contributed by atoms with Crippen LogP contribution in [0.1, 0.15) is 26.2 Å². The molecule has 44 heavy (non-hydrogen) atoms.